The number of hydrogen-bond acceptors (Lipinski definition) is 9. The molecule has 35 heavy (non-hydrogen) atoms. The Morgan fingerprint density at radius 2 is 1.31 bits per heavy atom. The fourth-order valence-electron chi connectivity index (χ4n) is 4.19. The van der Waals surface area contributed by atoms with Crippen molar-refractivity contribution >= 4 is 60.8 Å². The average Bonchev–Trinajstić information content (AvgIpc) is 3.50. The summed E-state index contributed by atoms with van der Waals surface area (Å²) in [6.07, 6.45) is 0.888. The zero-order valence-electron chi connectivity index (χ0n) is 19.0. The number of likely N-dealkylation sites (tertiary alicyclic amines) is 2. The van der Waals surface area contributed by atoms with Gasteiger partial charge >= 0.3 is 11.9 Å². The van der Waals surface area contributed by atoms with Gasteiger partial charge in [-0.1, -0.05) is 0 Å². The second-order valence-electron chi connectivity index (χ2n) is 8.41. The maximum atomic E-state index is 13.2. The molecule has 6 N–H and O–H groups in total. The molecule has 0 spiro atoms. The minimum absolute atomic E-state index is 0.0804. The molecule has 2 fully saturated rings. The molecule has 4 amide bonds. The van der Waals surface area contributed by atoms with Crippen LogP contribution in [0.3, 0.4) is 0 Å². The van der Waals surface area contributed by atoms with Crippen molar-refractivity contribution in [3.8, 4) is 0 Å². The summed E-state index contributed by atoms with van der Waals surface area (Å²) in [5.41, 5.74) is 5.76. The van der Waals surface area contributed by atoms with E-state index in [-0.39, 0.29) is 24.5 Å². The lowest BCUT2D eigenvalue weighted by atomic mass is 10.1. The highest BCUT2D eigenvalue weighted by Gasteiger charge is 2.41. The summed E-state index contributed by atoms with van der Waals surface area (Å²) in [7, 11) is 0. The van der Waals surface area contributed by atoms with Crippen LogP contribution in [0.2, 0.25) is 0 Å². The van der Waals surface area contributed by atoms with Crippen LogP contribution in [0.1, 0.15) is 32.1 Å². The third-order valence-corrected chi connectivity index (χ3v) is 6.74. The van der Waals surface area contributed by atoms with E-state index in [9.17, 15) is 33.9 Å². The Labute approximate surface area is 212 Å². The first-order valence-corrected chi connectivity index (χ1v) is 12.4. The van der Waals surface area contributed by atoms with Gasteiger partial charge in [0.1, 0.15) is 24.2 Å². The Bertz CT molecular complexity index is 859. The zero-order chi connectivity index (χ0) is 26.3. The lowest BCUT2D eigenvalue weighted by Crippen LogP contribution is -2.58. The van der Waals surface area contributed by atoms with Crippen LogP contribution in [-0.4, -0.2) is 110 Å². The van der Waals surface area contributed by atoms with Crippen LogP contribution < -0.4 is 16.4 Å². The molecule has 0 unspecified atom stereocenters. The molecule has 0 aromatic heterocycles. The predicted molar refractivity (Wildman–Crippen MR) is 129 cm³/mol. The van der Waals surface area contributed by atoms with Crippen LogP contribution in [0.25, 0.3) is 0 Å². The van der Waals surface area contributed by atoms with Gasteiger partial charge in [-0.25, -0.2) is 4.79 Å². The van der Waals surface area contributed by atoms with Crippen molar-refractivity contribution in [1.82, 2.24) is 20.4 Å². The van der Waals surface area contributed by atoms with E-state index in [1.165, 1.54) is 9.80 Å². The van der Waals surface area contributed by atoms with Gasteiger partial charge in [0.25, 0.3) is 0 Å². The molecule has 0 saturated carbocycles. The number of carboxylic acids is 2. The highest BCUT2D eigenvalue weighted by Crippen LogP contribution is 2.21. The lowest BCUT2D eigenvalue weighted by molar-refractivity contribution is -0.148. The number of thiol groups is 2. The third-order valence-electron chi connectivity index (χ3n) is 5.98. The van der Waals surface area contributed by atoms with Crippen molar-refractivity contribution in [2.75, 3.05) is 24.6 Å². The van der Waals surface area contributed by atoms with Crippen LogP contribution in [0.5, 0.6) is 0 Å². The lowest BCUT2D eigenvalue weighted by Gasteiger charge is -2.31. The molecule has 196 valence electrons. The summed E-state index contributed by atoms with van der Waals surface area (Å²) in [5.74, 6) is -5.19. The summed E-state index contributed by atoms with van der Waals surface area (Å²) in [6, 6.07) is -5.41. The summed E-state index contributed by atoms with van der Waals surface area (Å²) in [5, 5.41) is 22.8. The van der Waals surface area contributed by atoms with Crippen LogP contribution in [0.15, 0.2) is 0 Å². The maximum Gasteiger partial charge on any atom is 0.326 e. The molecule has 2 aliphatic heterocycles. The Balaban J connectivity index is 2.07. The molecule has 2 saturated heterocycles. The van der Waals surface area contributed by atoms with E-state index in [1.54, 1.807) is 0 Å². The number of nitrogens with two attached hydrogens (primary N) is 1. The number of nitrogens with one attached hydrogen (secondary N) is 2. The highest BCUT2D eigenvalue weighted by molar-refractivity contribution is 7.80. The number of amides is 4. The summed E-state index contributed by atoms with van der Waals surface area (Å²) in [4.78, 5) is 76.0. The molecule has 2 rings (SSSR count). The molecule has 5 atom stereocenters. The number of carbonyl (C=O) groups is 6. The maximum absolute atomic E-state index is 13.2. The van der Waals surface area contributed by atoms with E-state index in [0.717, 1.165) is 0 Å². The van der Waals surface area contributed by atoms with Gasteiger partial charge in [0.2, 0.25) is 23.6 Å². The van der Waals surface area contributed by atoms with Crippen molar-refractivity contribution < 1.29 is 39.0 Å². The fourth-order valence-corrected chi connectivity index (χ4v) is 4.60. The van der Waals surface area contributed by atoms with Gasteiger partial charge in [-0.2, -0.15) is 25.3 Å². The van der Waals surface area contributed by atoms with Crippen molar-refractivity contribution in [1.29, 1.82) is 0 Å². The SMILES string of the molecule is N[C@@H](CS)C(=O)N1CCC[C@H]1C(=O)N[C@@H](CS)C(=O)N1CCC[C@H]1C(=O)N[C@@H](CC(=O)O)C(=O)O. The second-order valence-corrected chi connectivity index (χ2v) is 9.14. The standard InChI is InChI=1S/C20H31N5O8S2/c21-10(8-34)18(30)24-5-1-3-13(24)17(29)23-12(9-35)19(31)25-6-2-4-14(25)16(28)22-11(20(32)33)7-15(26)27/h10-14,34-35H,1-9,21H2,(H,22,28)(H,23,29)(H,26,27)(H,32,33)/t10-,11-,12-,13-,14-/m0/s1. The summed E-state index contributed by atoms with van der Waals surface area (Å²) in [6.45, 7) is 0.548. The van der Waals surface area contributed by atoms with Crippen molar-refractivity contribution in [3.63, 3.8) is 0 Å². The van der Waals surface area contributed by atoms with Crippen molar-refractivity contribution in [3.05, 3.63) is 0 Å². The van der Waals surface area contributed by atoms with E-state index in [0.29, 0.717) is 25.8 Å². The molecule has 13 nitrogen and oxygen atoms in total. The molecule has 15 heteroatoms. The number of aliphatic carboxylic acids is 2. The zero-order valence-corrected chi connectivity index (χ0v) is 20.7. The number of nitrogens with zero attached hydrogens (tertiary/aromatic N) is 2. The second kappa shape index (κ2) is 13.0. The van der Waals surface area contributed by atoms with Crippen LogP contribution in [0, 0.1) is 0 Å². The Morgan fingerprint density at radius 1 is 0.829 bits per heavy atom. The van der Waals surface area contributed by atoms with E-state index in [1.807, 2.05) is 0 Å². The molecular formula is C20H31N5O8S2. The Morgan fingerprint density at radius 3 is 1.74 bits per heavy atom. The quantitative estimate of drug-likeness (QED) is 0.142. The van der Waals surface area contributed by atoms with Crippen molar-refractivity contribution in [2.45, 2.75) is 62.3 Å². The molecule has 0 aromatic rings. The molecule has 0 aliphatic carbocycles. The smallest absolute Gasteiger partial charge is 0.326 e. The van der Waals surface area contributed by atoms with Gasteiger partial charge in [0.05, 0.1) is 12.5 Å². The van der Waals surface area contributed by atoms with Crippen molar-refractivity contribution in [2.24, 2.45) is 5.73 Å². The van der Waals surface area contributed by atoms with Crippen LogP contribution in [-0.2, 0) is 28.8 Å². The molecule has 0 radical (unpaired) electrons. The minimum atomic E-state index is -1.65. The van der Waals surface area contributed by atoms with E-state index >= 15 is 0 Å². The normalized spacial score (nSPS) is 22.3. The molecule has 2 aliphatic rings. The van der Waals surface area contributed by atoms with E-state index in [2.05, 4.69) is 35.9 Å². The topological polar surface area (TPSA) is 199 Å². The number of carboxylic acid groups (broad SMARTS) is 2. The third kappa shape index (κ3) is 7.24. The first kappa shape index (κ1) is 28.7. The monoisotopic (exact) mass is 533 g/mol. The van der Waals surface area contributed by atoms with Gasteiger partial charge in [-0.3, -0.25) is 24.0 Å². The van der Waals surface area contributed by atoms with Gasteiger partial charge in [0, 0.05) is 24.6 Å². The number of rotatable bonds is 11. The minimum Gasteiger partial charge on any atom is -0.481 e. The highest BCUT2D eigenvalue weighted by atomic mass is 32.1. The molecule has 0 aromatic carbocycles. The summed E-state index contributed by atoms with van der Waals surface area (Å²) < 4.78 is 0. The van der Waals surface area contributed by atoms with Crippen LogP contribution in [0.4, 0.5) is 0 Å². The van der Waals surface area contributed by atoms with Gasteiger partial charge in [0.15, 0.2) is 0 Å². The number of carbonyl (C=O) groups excluding carboxylic acids is 4. The Hall–Kier alpha value is -2.52. The fraction of sp³-hybridized carbons (Fsp3) is 0.700. The largest absolute Gasteiger partial charge is 0.481 e. The van der Waals surface area contributed by atoms with E-state index < -0.39 is 72.2 Å². The summed E-state index contributed by atoms with van der Waals surface area (Å²) >= 11 is 8.18. The predicted octanol–water partition coefficient (Wildman–Crippen LogP) is -2.32. The molecule has 2 heterocycles. The van der Waals surface area contributed by atoms with E-state index in [4.69, 9.17) is 10.8 Å². The first-order chi connectivity index (χ1) is 16.5. The average molecular weight is 534 g/mol. The first-order valence-electron chi connectivity index (χ1n) is 11.1. The van der Waals surface area contributed by atoms with Gasteiger partial charge < -0.3 is 36.4 Å². The molecule has 0 bridgehead atoms. The number of hydrogen-bond donors (Lipinski definition) is 7. The van der Waals surface area contributed by atoms with Gasteiger partial charge in [-0.15, -0.1) is 0 Å². The van der Waals surface area contributed by atoms with Crippen LogP contribution >= 0.6 is 25.3 Å². The Kier molecular flexibility index (Phi) is 10.6. The molecular weight excluding hydrogens is 502 g/mol. The van der Waals surface area contributed by atoms with Gasteiger partial charge in [-0.05, 0) is 25.7 Å².